The predicted molar refractivity (Wildman–Crippen MR) is 86.3 cm³/mol. The van der Waals surface area contributed by atoms with Crippen LogP contribution in [0.15, 0.2) is 59.5 Å². The summed E-state index contributed by atoms with van der Waals surface area (Å²) in [6.45, 7) is 0.276. The zero-order chi connectivity index (χ0) is 15.3. The largest absolute Gasteiger partial charge is 0.497 e. The van der Waals surface area contributed by atoms with E-state index < -0.39 is 10.0 Å². The van der Waals surface area contributed by atoms with Crippen LogP contribution < -0.4 is 9.46 Å². The highest BCUT2D eigenvalue weighted by Crippen LogP contribution is 2.22. The molecule has 0 heterocycles. The fourth-order valence-electron chi connectivity index (χ4n) is 1.80. The molecule has 0 aliphatic carbocycles. The van der Waals surface area contributed by atoms with Gasteiger partial charge in [-0.3, -0.25) is 0 Å². The van der Waals surface area contributed by atoms with Gasteiger partial charge in [-0.1, -0.05) is 46.3 Å². The Morgan fingerprint density at radius 2 is 1.71 bits per heavy atom. The van der Waals surface area contributed by atoms with Gasteiger partial charge in [-0.2, -0.15) is 0 Å². The maximum absolute atomic E-state index is 12.2. The molecule has 2 aromatic carbocycles. The maximum Gasteiger partial charge on any atom is 0.240 e. The summed E-state index contributed by atoms with van der Waals surface area (Å²) in [5.41, 5.74) is 1.02. The lowest BCUT2D eigenvalue weighted by molar-refractivity contribution is 0.414. The van der Waals surface area contributed by atoms with Gasteiger partial charge >= 0.3 is 0 Å². The lowest BCUT2D eigenvalue weighted by atomic mass is 10.2. The van der Waals surface area contributed by atoms with Crippen molar-refractivity contribution in [3.63, 3.8) is 0 Å². The zero-order valence-corrected chi connectivity index (χ0v) is 13.9. The van der Waals surface area contributed by atoms with Crippen LogP contribution in [0.5, 0.6) is 5.75 Å². The van der Waals surface area contributed by atoms with Crippen molar-refractivity contribution < 1.29 is 13.2 Å². The van der Waals surface area contributed by atoms with E-state index in [9.17, 15) is 8.42 Å². The minimum Gasteiger partial charge on any atom is -0.497 e. The smallest absolute Gasteiger partial charge is 0.240 e. The molecular formula is C15H16BrNO3S. The van der Waals surface area contributed by atoms with Crippen LogP contribution in [0.25, 0.3) is 0 Å². The average molecular weight is 370 g/mol. The third-order valence-corrected chi connectivity index (χ3v) is 5.28. The summed E-state index contributed by atoms with van der Waals surface area (Å²) < 4.78 is 32.0. The monoisotopic (exact) mass is 369 g/mol. The van der Waals surface area contributed by atoms with Crippen LogP contribution in [0.3, 0.4) is 0 Å². The number of alkyl halides is 1. The Hall–Kier alpha value is -1.37. The fourth-order valence-corrected chi connectivity index (χ4v) is 3.53. The van der Waals surface area contributed by atoms with Gasteiger partial charge in [-0.25, -0.2) is 13.1 Å². The molecule has 1 atom stereocenters. The summed E-state index contributed by atoms with van der Waals surface area (Å²) in [6.07, 6.45) is 0. The number of benzene rings is 2. The van der Waals surface area contributed by atoms with E-state index in [-0.39, 0.29) is 16.3 Å². The van der Waals surface area contributed by atoms with Crippen LogP contribution >= 0.6 is 15.9 Å². The second-order valence-electron chi connectivity index (χ2n) is 4.41. The standard InChI is InChI=1S/C15H16BrNO3S/c1-20-13-7-9-14(10-8-13)21(18,19)17-11-15(16)12-5-3-2-4-6-12/h2-10,15,17H,11H2,1H3. The van der Waals surface area contributed by atoms with Crippen molar-refractivity contribution in [2.45, 2.75) is 9.72 Å². The molecule has 0 fully saturated rings. The molecule has 6 heteroatoms. The number of halogens is 1. The van der Waals surface area contributed by atoms with Crippen molar-refractivity contribution >= 4 is 26.0 Å². The van der Waals surface area contributed by atoms with E-state index in [0.717, 1.165) is 5.56 Å². The van der Waals surface area contributed by atoms with E-state index in [2.05, 4.69) is 20.7 Å². The van der Waals surface area contributed by atoms with Gasteiger partial charge in [0, 0.05) is 6.54 Å². The molecule has 0 saturated heterocycles. The Morgan fingerprint density at radius 3 is 2.29 bits per heavy atom. The van der Waals surface area contributed by atoms with Crippen LogP contribution in [-0.2, 0) is 10.0 Å². The number of sulfonamides is 1. The summed E-state index contributed by atoms with van der Waals surface area (Å²) >= 11 is 3.49. The highest BCUT2D eigenvalue weighted by Gasteiger charge is 2.16. The molecular weight excluding hydrogens is 354 g/mol. The lowest BCUT2D eigenvalue weighted by Gasteiger charge is -2.12. The molecule has 0 radical (unpaired) electrons. The van der Waals surface area contributed by atoms with Gasteiger partial charge < -0.3 is 4.74 Å². The number of hydrogen-bond donors (Lipinski definition) is 1. The Morgan fingerprint density at radius 1 is 1.10 bits per heavy atom. The number of hydrogen-bond acceptors (Lipinski definition) is 3. The molecule has 4 nitrogen and oxygen atoms in total. The average Bonchev–Trinajstić information content (AvgIpc) is 2.53. The van der Waals surface area contributed by atoms with Gasteiger partial charge in [-0.15, -0.1) is 0 Å². The summed E-state index contributed by atoms with van der Waals surface area (Å²) in [6, 6.07) is 15.9. The van der Waals surface area contributed by atoms with Crippen molar-refractivity contribution in [1.82, 2.24) is 4.72 Å². The minimum absolute atomic E-state index is 0.0771. The SMILES string of the molecule is COc1ccc(S(=O)(=O)NCC(Br)c2ccccc2)cc1. The quantitative estimate of drug-likeness (QED) is 0.795. The Bertz CT molecular complexity index is 672. The Balaban J connectivity index is 2.04. The second-order valence-corrected chi connectivity index (χ2v) is 7.28. The first-order valence-electron chi connectivity index (χ1n) is 6.35. The zero-order valence-electron chi connectivity index (χ0n) is 11.5. The van der Waals surface area contributed by atoms with Crippen LogP contribution in [0.4, 0.5) is 0 Å². The van der Waals surface area contributed by atoms with E-state index in [4.69, 9.17) is 4.74 Å². The van der Waals surface area contributed by atoms with E-state index in [1.54, 1.807) is 12.1 Å². The van der Waals surface area contributed by atoms with Gasteiger partial charge in [-0.05, 0) is 29.8 Å². The summed E-state index contributed by atoms with van der Waals surface area (Å²) in [7, 11) is -1.99. The van der Waals surface area contributed by atoms with Crippen LogP contribution in [0.2, 0.25) is 0 Å². The normalized spacial score (nSPS) is 12.9. The van der Waals surface area contributed by atoms with Crippen molar-refractivity contribution in [2.24, 2.45) is 0 Å². The highest BCUT2D eigenvalue weighted by atomic mass is 79.9. The molecule has 1 unspecified atom stereocenters. The first-order valence-corrected chi connectivity index (χ1v) is 8.75. The molecule has 0 aliphatic heterocycles. The number of methoxy groups -OCH3 is 1. The van der Waals surface area contributed by atoms with E-state index in [1.807, 2.05) is 30.3 Å². The molecule has 0 aromatic heterocycles. The topological polar surface area (TPSA) is 55.4 Å². The van der Waals surface area contributed by atoms with E-state index >= 15 is 0 Å². The van der Waals surface area contributed by atoms with Crippen LogP contribution in [0, 0.1) is 0 Å². The first kappa shape index (κ1) is 16.0. The third kappa shape index (κ3) is 4.30. The number of nitrogens with one attached hydrogen (secondary N) is 1. The molecule has 0 aliphatic rings. The minimum atomic E-state index is -3.52. The first-order chi connectivity index (χ1) is 10.0. The van der Waals surface area contributed by atoms with Gasteiger partial charge in [0.1, 0.15) is 5.75 Å². The lowest BCUT2D eigenvalue weighted by Crippen LogP contribution is -2.26. The molecule has 0 spiro atoms. The van der Waals surface area contributed by atoms with Crippen molar-refractivity contribution in [1.29, 1.82) is 0 Å². The Kier molecular flexibility index (Phi) is 5.39. The fraction of sp³-hybridized carbons (Fsp3) is 0.200. The van der Waals surface area contributed by atoms with Crippen molar-refractivity contribution in [2.75, 3.05) is 13.7 Å². The number of rotatable bonds is 6. The van der Waals surface area contributed by atoms with E-state index in [1.165, 1.54) is 19.2 Å². The maximum atomic E-state index is 12.2. The molecule has 21 heavy (non-hydrogen) atoms. The van der Waals surface area contributed by atoms with Crippen LogP contribution in [0.1, 0.15) is 10.4 Å². The summed E-state index contributed by atoms with van der Waals surface area (Å²) in [4.78, 5) is 0.141. The molecule has 0 bridgehead atoms. The summed E-state index contributed by atoms with van der Waals surface area (Å²) in [5, 5.41) is 0. The van der Waals surface area contributed by atoms with Gasteiger partial charge in [0.25, 0.3) is 0 Å². The van der Waals surface area contributed by atoms with E-state index in [0.29, 0.717) is 5.75 Å². The predicted octanol–water partition coefficient (Wildman–Crippen LogP) is 3.11. The highest BCUT2D eigenvalue weighted by molar-refractivity contribution is 9.09. The molecule has 1 N–H and O–H groups in total. The molecule has 112 valence electrons. The van der Waals surface area contributed by atoms with Gasteiger partial charge in [0.2, 0.25) is 10.0 Å². The van der Waals surface area contributed by atoms with Gasteiger partial charge in [0.05, 0.1) is 16.8 Å². The Labute approximate surface area is 133 Å². The van der Waals surface area contributed by atoms with Crippen molar-refractivity contribution in [3.8, 4) is 5.75 Å². The number of ether oxygens (including phenoxy) is 1. The van der Waals surface area contributed by atoms with Crippen LogP contribution in [-0.4, -0.2) is 22.1 Å². The van der Waals surface area contributed by atoms with Gasteiger partial charge in [0.15, 0.2) is 0 Å². The second kappa shape index (κ2) is 7.06. The van der Waals surface area contributed by atoms with Crippen molar-refractivity contribution in [3.05, 3.63) is 60.2 Å². The summed E-state index contributed by atoms with van der Waals surface area (Å²) in [5.74, 6) is 0.622. The molecule has 2 aromatic rings. The molecule has 2 rings (SSSR count). The molecule has 0 saturated carbocycles. The third-order valence-electron chi connectivity index (χ3n) is 2.98. The molecule has 0 amide bonds.